The van der Waals surface area contributed by atoms with Gasteiger partial charge in [-0.3, -0.25) is 0 Å². The molecule has 0 amide bonds. The highest BCUT2D eigenvalue weighted by molar-refractivity contribution is 7.93. The summed E-state index contributed by atoms with van der Waals surface area (Å²) in [6, 6.07) is 4.90. The Kier molecular flexibility index (Phi) is 5.90. The lowest BCUT2D eigenvalue weighted by Gasteiger charge is -2.13. The lowest BCUT2D eigenvalue weighted by atomic mass is 10.2. The predicted octanol–water partition coefficient (Wildman–Crippen LogP) is 1.91. The number of aromatic nitrogens is 6. The van der Waals surface area contributed by atoms with Gasteiger partial charge in [0.25, 0.3) is 21.8 Å². The van der Waals surface area contributed by atoms with Gasteiger partial charge in [-0.05, 0) is 12.1 Å². The van der Waals surface area contributed by atoms with Crippen molar-refractivity contribution in [1.29, 1.82) is 5.26 Å². The number of H-pyrrole nitrogens is 1. The minimum Gasteiger partial charge on any atom is -0.478 e. The van der Waals surface area contributed by atoms with E-state index in [9.17, 15) is 8.42 Å². The van der Waals surface area contributed by atoms with Crippen LogP contribution in [0.15, 0.2) is 35.6 Å². The van der Waals surface area contributed by atoms with Gasteiger partial charge in [-0.2, -0.15) is 25.4 Å². The van der Waals surface area contributed by atoms with E-state index >= 15 is 0 Å². The number of fused-ring (bicyclic) bond motifs is 1. The van der Waals surface area contributed by atoms with Crippen LogP contribution in [-0.4, -0.2) is 59.2 Å². The number of rotatable bonds is 8. The molecule has 33 heavy (non-hydrogen) atoms. The highest BCUT2D eigenvalue weighted by Crippen LogP contribution is 2.36. The molecule has 4 aromatic rings. The van der Waals surface area contributed by atoms with E-state index in [0.29, 0.717) is 21.6 Å². The summed E-state index contributed by atoms with van der Waals surface area (Å²) in [5, 5.41) is 17.5. The topological polar surface area (TPSA) is 170 Å². The van der Waals surface area contributed by atoms with Crippen molar-refractivity contribution >= 4 is 38.5 Å². The molecule has 0 bridgehead atoms. The molecule has 13 nitrogen and oxygen atoms in total. The van der Waals surface area contributed by atoms with Gasteiger partial charge in [0.15, 0.2) is 6.61 Å². The number of nitrogens with one attached hydrogen (secondary N) is 2. The van der Waals surface area contributed by atoms with Crippen molar-refractivity contribution in [3.8, 4) is 29.3 Å². The van der Waals surface area contributed by atoms with E-state index in [1.807, 2.05) is 0 Å². The largest absolute Gasteiger partial charge is 0.478 e. The Morgan fingerprint density at radius 1 is 1.18 bits per heavy atom. The Labute approximate surface area is 191 Å². The second-order valence-electron chi connectivity index (χ2n) is 6.24. The fourth-order valence-corrected chi connectivity index (χ4v) is 4.37. The third-order valence-electron chi connectivity index (χ3n) is 4.35. The SMILES string of the molecule is COc1nc(NS(=O)(=O)c2c[nH]c3c(-n4nccn4)c(Cl)ccc23)nc(OC)c1OCC#N. The smallest absolute Gasteiger partial charge is 0.266 e. The summed E-state index contributed by atoms with van der Waals surface area (Å²) in [5.41, 5.74) is 0.801. The summed E-state index contributed by atoms with van der Waals surface area (Å²) >= 11 is 6.30. The Morgan fingerprint density at radius 2 is 1.85 bits per heavy atom. The zero-order chi connectivity index (χ0) is 23.6. The van der Waals surface area contributed by atoms with Crippen LogP contribution in [0.25, 0.3) is 16.6 Å². The van der Waals surface area contributed by atoms with Crippen molar-refractivity contribution < 1.29 is 22.6 Å². The van der Waals surface area contributed by atoms with E-state index in [2.05, 4.69) is 29.9 Å². The quantitative estimate of drug-likeness (QED) is 0.371. The molecule has 15 heteroatoms. The molecular weight excluding hydrogens is 476 g/mol. The molecule has 4 rings (SSSR count). The lowest BCUT2D eigenvalue weighted by molar-refractivity contribution is 0.290. The molecule has 0 fully saturated rings. The van der Waals surface area contributed by atoms with Gasteiger partial charge in [0.2, 0.25) is 11.7 Å². The Bertz CT molecular complexity index is 1440. The van der Waals surface area contributed by atoms with E-state index in [0.717, 1.165) is 0 Å². The van der Waals surface area contributed by atoms with Crippen molar-refractivity contribution in [3.63, 3.8) is 0 Å². The molecule has 0 radical (unpaired) electrons. The maximum Gasteiger partial charge on any atom is 0.266 e. The number of benzene rings is 1. The van der Waals surface area contributed by atoms with Crippen LogP contribution in [0.5, 0.6) is 17.5 Å². The number of nitriles is 1. The first-order valence-electron chi connectivity index (χ1n) is 9.08. The molecule has 170 valence electrons. The van der Waals surface area contributed by atoms with Gasteiger partial charge in [0, 0.05) is 11.6 Å². The second kappa shape index (κ2) is 8.81. The molecule has 2 N–H and O–H groups in total. The van der Waals surface area contributed by atoms with Crippen LogP contribution in [0.2, 0.25) is 5.02 Å². The summed E-state index contributed by atoms with van der Waals surface area (Å²) < 4.78 is 44.1. The maximum atomic E-state index is 13.2. The van der Waals surface area contributed by atoms with Crippen LogP contribution < -0.4 is 18.9 Å². The summed E-state index contributed by atoms with van der Waals surface area (Å²) in [4.78, 5) is 12.1. The second-order valence-corrected chi connectivity index (χ2v) is 8.30. The number of methoxy groups -OCH3 is 2. The number of nitrogens with zero attached hydrogens (tertiary/aromatic N) is 6. The van der Waals surface area contributed by atoms with Gasteiger partial charge >= 0.3 is 0 Å². The number of anilines is 1. The molecular formula is C18H15ClN8O5S. The van der Waals surface area contributed by atoms with E-state index in [1.54, 1.807) is 18.2 Å². The molecule has 0 spiro atoms. The van der Waals surface area contributed by atoms with Crippen molar-refractivity contribution in [2.45, 2.75) is 4.90 Å². The molecule has 0 saturated carbocycles. The number of sulfonamides is 1. The Hall–Kier alpha value is -4.09. The standard InChI is InChI=1S/C18H15ClN8O5S/c1-30-16-15(32-8-5-20)17(31-2)25-18(24-16)26-33(28,29)12-9-21-13-10(12)3-4-11(19)14(13)27-22-6-7-23-27/h3-4,6-7,9,21H,8H2,1-2H3,(H,24,25,26). The fourth-order valence-electron chi connectivity index (χ4n) is 3.02. The number of ether oxygens (including phenoxy) is 3. The zero-order valence-electron chi connectivity index (χ0n) is 17.1. The average Bonchev–Trinajstić information content (AvgIpc) is 3.47. The number of aromatic amines is 1. The minimum absolute atomic E-state index is 0.0393. The van der Waals surface area contributed by atoms with Crippen LogP contribution in [-0.2, 0) is 10.0 Å². The first kappa shape index (κ1) is 22.1. The Morgan fingerprint density at radius 3 is 2.45 bits per heavy atom. The summed E-state index contributed by atoms with van der Waals surface area (Å²) in [6.45, 7) is -0.313. The summed E-state index contributed by atoms with van der Waals surface area (Å²) in [6.07, 6.45) is 4.24. The minimum atomic E-state index is -4.18. The molecule has 0 aliphatic rings. The third-order valence-corrected chi connectivity index (χ3v) is 6.02. The number of halogens is 1. The molecule has 0 aliphatic heterocycles. The summed E-state index contributed by atoms with van der Waals surface area (Å²) in [7, 11) is -1.58. The third kappa shape index (κ3) is 4.06. The fraction of sp³-hybridized carbons (Fsp3) is 0.167. The molecule has 0 atom stereocenters. The summed E-state index contributed by atoms with van der Waals surface area (Å²) in [5.74, 6) is -0.604. The lowest BCUT2D eigenvalue weighted by Crippen LogP contribution is -2.16. The van der Waals surface area contributed by atoms with Crippen LogP contribution >= 0.6 is 11.6 Å². The number of hydrogen-bond donors (Lipinski definition) is 2. The van der Waals surface area contributed by atoms with Gasteiger partial charge in [-0.25, -0.2) is 13.1 Å². The first-order valence-corrected chi connectivity index (χ1v) is 10.9. The predicted molar refractivity (Wildman–Crippen MR) is 115 cm³/mol. The van der Waals surface area contributed by atoms with E-state index in [1.165, 1.54) is 37.6 Å². The zero-order valence-corrected chi connectivity index (χ0v) is 18.7. The van der Waals surface area contributed by atoms with Crippen molar-refractivity contribution in [3.05, 3.63) is 35.7 Å². The molecule has 0 saturated heterocycles. The van der Waals surface area contributed by atoms with E-state index < -0.39 is 10.0 Å². The van der Waals surface area contributed by atoms with Crippen LogP contribution in [0.3, 0.4) is 0 Å². The van der Waals surface area contributed by atoms with Crippen molar-refractivity contribution in [1.82, 2.24) is 29.9 Å². The van der Waals surface area contributed by atoms with E-state index in [4.69, 9.17) is 31.1 Å². The van der Waals surface area contributed by atoms with Crippen molar-refractivity contribution in [2.75, 3.05) is 25.5 Å². The van der Waals surface area contributed by atoms with Crippen LogP contribution in [0.4, 0.5) is 5.95 Å². The van der Waals surface area contributed by atoms with Gasteiger partial charge in [-0.1, -0.05) is 11.6 Å². The monoisotopic (exact) mass is 490 g/mol. The van der Waals surface area contributed by atoms with Gasteiger partial charge in [-0.15, -0.1) is 4.80 Å². The highest BCUT2D eigenvalue weighted by atomic mass is 35.5. The Balaban J connectivity index is 1.76. The molecule has 0 unspecified atom stereocenters. The molecule has 3 aromatic heterocycles. The molecule has 3 heterocycles. The normalized spacial score (nSPS) is 11.2. The number of hydrogen-bond acceptors (Lipinski definition) is 10. The first-order chi connectivity index (χ1) is 15.9. The highest BCUT2D eigenvalue weighted by Gasteiger charge is 2.25. The van der Waals surface area contributed by atoms with Crippen LogP contribution in [0.1, 0.15) is 0 Å². The van der Waals surface area contributed by atoms with Crippen LogP contribution in [0, 0.1) is 11.3 Å². The maximum absolute atomic E-state index is 13.2. The van der Waals surface area contributed by atoms with Crippen molar-refractivity contribution in [2.24, 2.45) is 0 Å². The van der Waals surface area contributed by atoms with E-state index in [-0.39, 0.29) is 35.0 Å². The van der Waals surface area contributed by atoms with Gasteiger partial charge in [0.05, 0.1) is 37.2 Å². The molecule has 0 aliphatic carbocycles. The van der Waals surface area contributed by atoms with Gasteiger partial charge in [0.1, 0.15) is 16.7 Å². The average molecular weight is 491 g/mol. The van der Waals surface area contributed by atoms with Gasteiger partial charge < -0.3 is 19.2 Å². The molecule has 1 aromatic carbocycles.